The predicted molar refractivity (Wildman–Crippen MR) is 109 cm³/mol. The van der Waals surface area contributed by atoms with Gasteiger partial charge in [-0.25, -0.2) is 4.79 Å². The second-order valence-corrected chi connectivity index (χ2v) is 7.47. The quantitative estimate of drug-likeness (QED) is 0.398. The molecule has 0 aliphatic heterocycles. The zero-order chi connectivity index (χ0) is 17.6. The molecule has 0 saturated carbocycles. The second-order valence-electron chi connectivity index (χ2n) is 4.06. The SMILES string of the molecule is CC.CC.CC(C)(NC(=O)OCCSI)c1ccc(Br)cn1. The summed E-state index contributed by atoms with van der Waals surface area (Å²) in [6.07, 6.45) is 1.28. The molecule has 22 heavy (non-hydrogen) atoms. The van der Waals surface area contributed by atoms with Gasteiger partial charge in [-0.05, 0) is 63.1 Å². The Labute approximate surface area is 159 Å². The number of carbonyl (C=O) groups is 1. The molecule has 0 saturated heterocycles. The summed E-state index contributed by atoms with van der Waals surface area (Å²) in [5, 5.41) is 2.80. The van der Waals surface area contributed by atoms with Crippen molar-refractivity contribution in [3.05, 3.63) is 28.5 Å². The Morgan fingerprint density at radius 2 is 1.95 bits per heavy atom. The minimum atomic E-state index is -0.560. The van der Waals surface area contributed by atoms with E-state index in [9.17, 15) is 4.79 Å². The number of nitrogens with zero attached hydrogens (tertiary/aromatic N) is 1. The van der Waals surface area contributed by atoms with Crippen LogP contribution in [0.1, 0.15) is 47.2 Å². The highest BCUT2D eigenvalue weighted by Crippen LogP contribution is 2.19. The van der Waals surface area contributed by atoms with Crippen molar-refractivity contribution >= 4 is 52.2 Å². The van der Waals surface area contributed by atoms with E-state index in [0.717, 1.165) is 15.9 Å². The number of hydrogen-bond acceptors (Lipinski definition) is 4. The number of alkyl carbamates (subject to hydrolysis) is 1. The first-order chi connectivity index (χ1) is 10.5. The molecule has 0 fully saturated rings. The summed E-state index contributed by atoms with van der Waals surface area (Å²) in [5.74, 6) is 0.783. The van der Waals surface area contributed by atoms with Gasteiger partial charge in [0.1, 0.15) is 6.61 Å². The van der Waals surface area contributed by atoms with Crippen LogP contribution in [0.5, 0.6) is 0 Å². The Kier molecular flexibility index (Phi) is 16.0. The number of halogens is 2. The maximum Gasteiger partial charge on any atom is 0.407 e. The van der Waals surface area contributed by atoms with Crippen LogP contribution in [0.25, 0.3) is 0 Å². The number of pyridine rings is 1. The maximum atomic E-state index is 11.6. The van der Waals surface area contributed by atoms with Crippen LogP contribution in [0, 0.1) is 0 Å². The number of hydrogen-bond donors (Lipinski definition) is 1. The van der Waals surface area contributed by atoms with Gasteiger partial charge in [0, 0.05) is 16.4 Å². The zero-order valence-corrected chi connectivity index (χ0v) is 18.6. The van der Waals surface area contributed by atoms with E-state index in [2.05, 4.69) is 47.4 Å². The number of rotatable bonds is 5. The molecule has 7 heteroatoms. The Morgan fingerprint density at radius 1 is 1.36 bits per heavy atom. The average Bonchev–Trinajstić information content (AvgIpc) is 2.51. The van der Waals surface area contributed by atoms with Crippen LogP contribution in [-0.2, 0) is 10.3 Å². The Hall–Kier alpha value is -0.0200. The topological polar surface area (TPSA) is 51.2 Å². The van der Waals surface area contributed by atoms with Gasteiger partial charge >= 0.3 is 6.09 Å². The number of nitrogens with one attached hydrogen (secondary N) is 1. The number of amides is 1. The minimum Gasteiger partial charge on any atom is -0.449 e. The van der Waals surface area contributed by atoms with Gasteiger partial charge in [-0.1, -0.05) is 36.6 Å². The summed E-state index contributed by atoms with van der Waals surface area (Å²) in [4.78, 5) is 15.9. The Bertz CT molecular complexity index is 403. The molecule has 1 aromatic heterocycles. The lowest BCUT2D eigenvalue weighted by molar-refractivity contribution is 0.142. The first-order valence-corrected chi connectivity index (χ1v) is 11.6. The van der Waals surface area contributed by atoms with Crippen molar-refractivity contribution in [2.75, 3.05) is 12.4 Å². The molecule has 0 aliphatic carbocycles. The monoisotopic (exact) mass is 504 g/mol. The van der Waals surface area contributed by atoms with Crippen molar-refractivity contribution < 1.29 is 9.53 Å². The van der Waals surface area contributed by atoms with Gasteiger partial charge in [-0.15, -0.1) is 0 Å². The molecule has 1 heterocycles. The van der Waals surface area contributed by atoms with E-state index in [1.165, 1.54) is 0 Å². The Morgan fingerprint density at radius 3 is 2.41 bits per heavy atom. The highest BCUT2D eigenvalue weighted by Gasteiger charge is 2.24. The predicted octanol–water partition coefficient (Wildman–Crippen LogP) is 5.94. The molecule has 1 rings (SSSR count). The van der Waals surface area contributed by atoms with Gasteiger partial charge in [0.2, 0.25) is 0 Å². The summed E-state index contributed by atoms with van der Waals surface area (Å²) < 4.78 is 5.96. The van der Waals surface area contributed by atoms with Gasteiger partial charge < -0.3 is 10.1 Å². The van der Waals surface area contributed by atoms with Crippen molar-refractivity contribution in [1.82, 2.24) is 10.3 Å². The maximum absolute atomic E-state index is 11.6. The highest BCUT2D eigenvalue weighted by atomic mass is 127. The van der Waals surface area contributed by atoms with Crippen LogP contribution in [0.4, 0.5) is 4.79 Å². The molecular formula is C15H26BrIN2O2S. The first-order valence-electron chi connectivity index (χ1n) is 7.26. The standard InChI is InChI=1S/C11H14BrIN2O2S.2C2H6/c1-11(2,9-4-3-8(12)7-14-9)15-10(16)17-5-6-18-13;2*1-2/h3-4,7H,5-6H2,1-2H3,(H,15,16);2*1-2H3. The van der Waals surface area contributed by atoms with Crippen LogP contribution in [0.2, 0.25) is 0 Å². The van der Waals surface area contributed by atoms with Gasteiger partial charge in [0.15, 0.2) is 0 Å². The summed E-state index contributed by atoms with van der Waals surface area (Å²) in [6.45, 7) is 12.2. The van der Waals surface area contributed by atoms with E-state index in [1.54, 1.807) is 15.1 Å². The molecule has 1 amide bonds. The van der Waals surface area contributed by atoms with Crippen molar-refractivity contribution in [2.45, 2.75) is 47.1 Å². The van der Waals surface area contributed by atoms with Crippen LogP contribution in [0.3, 0.4) is 0 Å². The number of aromatic nitrogens is 1. The summed E-state index contributed by atoms with van der Waals surface area (Å²) in [5.41, 5.74) is 0.223. The summed E-state index contributed by atoms with van der Waals surface area (Å²) in [6, 6.07) is 3.76. The average molecular weight is 505 g/mol. The number of carbonyl (C=O) groups excluding carboxylic acids is 1. The lowest BCUT2D eigenvalue weighted by Crippen LogP contribution is -2.42. The Balaban J connectivity index is 0. The van der Waals surface area contributed by atoms with Crippen molar-refractivity contribution in [1.29, 1.82) is 0 Å². The highest BCUT2D eigenvalue weighted by molar-refractivity contribution is 14.2. The molecule has 0 aliphatic rings. The molecule has 0 bridgehead atoms. The van der Waals surface area contributed by atoms with Crippen molar-refractivity contribution in [2.24, 2.45) is 0 Å². The molecule has 0 radical (unpaired) electrons. The van der Waals surface area contributed by atoms with Crippen LogP contribution < -0.4 is 5.32 Å². The molecular weight excluding hydrogens is 479 g/mol. The fourth-order valence-corrected chi connectivity index (χ4v) is 2.19. The molecule has 4 nitrogen and oxygen atoms in total. The van der Waals surface area contributed by atoms with Crippen LogP contribution in [0.15, 0.2) is 22.8 Å². The molecule has 0 atom stereocenters. The normalized spacial score (nSPS) is 9.64. The summed E-state index contributed by atoms with van der Waals surface area (Å²) in [7, 11) is 1.61. The van der Waals surface area contributed by atoms with E-state index in [1.807, 2.05) is 53.7 Å². The van der Waals surface area contributed by atoms with E-state index in [4.69, 9.17) is 4.74 Å². The fourth-order valence-electron chi connectivity index (χ4n) is 1.27. The van der Waals surface area contributed by atoms with Crippen molar-refractivity contribution in [3.63, 3.8) is 0 Å². The molecule has 1 N–H and O–H groups in total. The molecule has 0 unspecified atom stereocenters. The lowest BCUT2D eigenvalue weighted by Gasteiger charge is -2.25. The molecule has 128 valence electrons. The number of ether oxygens (including phenoxy) is 1. The zero-order valence-electron chi connectivity index (χ0n) is 14.1. The van der Waals surface area contributed by atoms with E-state index in [-0.39, 0.29) is 0 Å². The van der Waals surface area contributed by atoms with Gasteiger partial charge in [0.05, 0.1) is 11.2 Å². The lowest BCUT2D eigenvalue weighted by atomic mass is 10.0. The van der Waals surface area contributed by atoms with Gasteiger partial charge in [-0.3, -0.25) is 4.98 Å². The minimum absolute atomic E-state index is 0.406. The first kappa shape index (κ1) is 24.2. The smallest absolute Gasteiger partial charge is 0.407 e. The third-order valence-electron chi connectivity index (χ3n) is 2.18. The van der Waals surface area contributed by atoms with Gasteiger partial charge in [-0.2, -0.15) is 0 Å². The fraction of sp³-hybridized carbons (Fsp3) is 0.600. The molecule has 1 aromatic rings. The van der Waals surface area contributed by atoms with E-state index < -0.39 is 11.6 Å². The van der Waals surface area contributed by atoms with Crippen LogP contribution in [-0.4, -0.2) is 23.4 Å². The molecule has 0 aromatic carbocycles. The van der Waals surface area contributed by atoms with E-state index in [0.29, 0.717) is 6.61 Å². The third-order valence-corrected chi connectivity index (χ3v) is 4.29. The van der Waals surface area contributed by atoms with Gasteiger partial charge in [0.25, 0.3) is 0 Å². The van der Waals surface area contributed by atoms with E-state index >= 15 is 0 Å². The third kappa shape index (κ3) is 10.7. The van der Waals surface area contributed by atoms with Crippen LogP contribution >= 0.6 is 46.1 Å². The van der Waals surface area contributed by atoms with Crippen molar-refractivity contribution in [3.8, 4) is 0 Å². The largest absolute Gasteiger partial charge is 0.449 e. The summed E-state index contributed by atoms with van der Waals surface area (Å²) >= 11 is 5.49. The second kappa shape index (κ2) is 14.6. The molecule has 0 spiro atoms.